The summed E-state index contributed by atoms with van der Waals surface area (Å²) in [5, 5.41) is 1.16. The van der Waals surface area contributed by atoms with Crippen LogP contribution in [0.2, 0.25) is 0 Å². The largest absolute Gasteiger partial charge is 0.147 e. The Bertz CT molecular complexity index is 17.2. The molecule has 0 aromatic rings. The van der Waals surface area contributed by atoms with Crippen molar-refractivity contribution in [2.45, 2.75) is 19.8 Å². The second-order valence-electron chi connectivity index (χ2n) is 1.04. The van der Waals surface area contributed by atoms with Gasteiger partial charge in [0, 0.05) is 5.33 Å². The summed E-state index contributed by atoms with van der Waals surface area (Å²) in [6.07, 6.45) is 2.60. The van der Waals surface area contributed by atoms with E-state index < -0.39 is 0 Å². The third-order valence-electron chi connectivity index (χ3n) is 0.487. The van der Waals surface area contributed by atoms with Crippen LogP contribution in [0, 0.1) is 0 Å². The van der Waals surface area contributed by atoms with E-state index in [2.05, 4.69) is 22.9 Å². The van der Waals surface area contributed by atoms with Gasteiger partial charge in [-0.25, -0.2) is 0 Å². The second-order valence-corrected chi connectivity index (χ2v) is 1.84. The standard InChI is InChI=1S/C4H9Br.2ClH/c1-2-3-4-5;;/h2-4H2,1H3;2*1H. The minimum absolute atomic E-state index is 0. The molecule has 0 rings (SSSR count). The molecule has 0 aliphatic carbocycles. The molecule has 0 aromatic carbocycles. The molecule has 48 valence electrons. The molecule has 0 amide bonds. The van der Waals surface area contributed by atoms with E-state index in [4.69, 9.17) is 0 Å². The van der Waals surface area contributed by atoms with Crippen molar-refractivity contribution in [1.29, 1.82) is 0 Å². The van der Waals surface area contributed by atoms with Crippen LogP contribution in [0.1, 0.15) is 19.8 Å². The minimum Gasteiger partial charge on any atom is -0.147 e. The fourth-order valence-electron chi connectivity index (χ4n) is 0.134. The number of rotatable bonds is 2. The van der Waals surface area contributed by atoms with Crippen molar-refractivity contribution < 1.29 is 0 Å². The van der Waals surface area contributed by atoms with Crippen molar-refractivity contribution in [3.63, 3.8) is 0 Å². The van der Waals surface area contributed by atoms with Crippen LogP contribution in [-0.4, -0.2) is 5.33 Å². The zero-order chi connectivity index (χ0) is 4.12. The van der Waals surface area contributed by atoms with Crippen molar-refractivity contribution in [3.8, 4) is 0 Å². The van der Waals surface area contributed by atoms with E-state index in [9.17, 15) is 0 Å². The van der Waals surface area contributed by atoms with E-state index in [1.165, 1.54) is 12.8 Å². The lowest BCUT2D eigenvalue weighted by Gasteiger charge is -1.77. The number of hydrogen-bond donors (Lipinski definition) is 0. The Balaban J connectivity index is -0.0000000800. The molecule has 0 saturated carbocycles. The Morgan fingerprint density at radius 2 is 1.71 bits per heavy atom. The van der Waals surface area contributed by atoms with E-state index in [-0.39, 0.29) is 24.8 Å². The molecular formula is C4H11BrCl2. The molecule has 0 radical (unpaired) electrons. The van der Waals surface area contributed by atoms with Gasteiger partial charge < -0.3 is 0 Å². The van der Waals surface area contributed by atoms with Crippen LogP contribution >= 0.6 is 40.7 Å². The maximum absolute atomic E-state index is 3.31. The van der Waals surface area contributed by atoms with Gasteiger partial charge in [0.05, 0.1) is 0 Å². The highest BCUT2D eigenvalue weighted by Crippen LogP contribution is 1.89. The molecule has 7 heavy (non-hydrogen) atoms. The lowest BCUT2D eigenvalue weighted by atomic mass is 10.4. The highest BCUT2D eigenvalue weighted by molar-refractivity contribution is 9.09. The van der Waals surface area contributed by atoms with E-state index in [0.717, 1.165) is 5.33 Å². The smallest absolute Gasteiger partial charge is 0.00312 e. The van der Waals surface area contributed by atoms with E-state index >= 15 is 0 Å². The number of hydrogen-bond acceptors (Lipinski definition) is 0. The fourth-order valence-corrected chi connectivity index (χ4v) is 0.694. The maximum Gasteiger partial charge on any atom is 0.00312 e. The molecule has 0 atom stereocenters. The van der Waals surface area contributed by atoms with Crippen molar-refractivity contribution in [2.24, 2.45) is 0 Å². The van der Waals surface area contributed by atoms with E-state index in [0.29, 0.717) is 0 Å². The first-order valence-corrected chi connectivity index (χ1v) is 3.10. The van der Waals surface area contributed by atoms with E-state index in [1.807, 2.05) is 0 Å². The molecule has 0 aliphatic heterocycles. The monoisotopic (exact) mass is 208 g/mol. The Hall–Kier alpha value is 1.06. The summed E-state index contributed by atoms with van der Waals surface area (Å²) in [4.78, 5) is 0. The molecule has 0 aromatic heterocycles. The molecule has 0 N–H and O–H groups in total. The normalized spacial score (nSPS) is 6.00. The Morgan fingerprint density at radius 1 is 1.29 bits per heavy atom. The van der Waals surface area contributed by atoms with Gasteiger partial charge >= 0.3 is 0 Å². The first kappa shape index (κ1) is 15.7. The van der Waals surface area contributed by atoms with Crippen LogP contribution in [0.5, 0.6) is 0 Å². The summed E-state index contributed by atoms with van der Waals surface area (Å²) in [6, 6.07) is 0. The van der Waals surface area contributed by atoms with Crippen LogP contribution in [0.25, 0.3) is 0 Å². The quantitative estimate of drug-likeness (QED) is 0.614. The molecule has 0 bridgehead atoms. The van der Waals surface area contributed by atoms with Gasteiger partial charge in [-0.15, -0.1) is 24.8 Å². The third kappa shape index (κ3) is 19.3. The molecule has 0 fully saturated rings. The summed E-state index contributed by atoms with van der Waals surface area (Å²) >= 11 is 3.31. The zero-order valence-corrected chi connectivity index (χ0v) is 7.53. The lowest BCUT2D eigenvalue weighted by Crippen LogP contribution is -1.64. The SMILES string of the molecule is CCCCBr.Cl.Cl. The first-order chi connectivity index (χ1) is 2.41. The summed E-state index contributed by atoms with van der Waals surface area (Å²) in [5.41, 5.74) is 0. The van der Waals surface area contributed by atoms with Crippen LogP contribution in [-0.2, 0) is 0 Å². The predicted octanol–water partition coefficient (Wildman–Crippen LogP) is 3.03. The average Bonchev–Trinajstić information content (AvgIpc) is 1.41. The van der Waals surface area contributed by atoms with Gasteiger partial charge in [-0.2, -0.15) is 0 Å². The van der Waals surface area contributed by atoms with Crippen molar-refractivity contribution in [3.05, 3.63) is 0 Å². The minimum atomic E-state index is 0. The van der Waals surface area contributed by atoms with Crippen LogP contribution < -0.4 is 0 Å². The van der Waals surface area contributed by atoms with Crippen LogP contribution in [0.15, 0.2) is 0 Å². The van der Waals surface area contributed by atoms with Gasteiger partial charge in [-0.1, -0.05) is 29.3 Å². The van der Waals surface area contributed by atoms with E-state index in [1.54, 1.807) is 0 Å². The van der Waals surface area contributed by atoms with Crippen LogP contribution in [0.3, 0.4) is 0 Å². The highest BCUT2D eigenvalue weighted by atomic mass is 79.9. The summed E-state index contributed by atoms with van der Waals surface area (Å²) < 4.78 is 0. The maximum atomic E-state index is 3.31. The van der Waals surface area contributed by atoms with Gasteiger partial charge in [-0.05, 0) is 6.42 Å². The van der Waals surface area contributed by atoms with Crippen molar-refractivity contribution in [2.75, 3.05) is 5.33 Å². The lowest BCUT2D eigenvalue weighted by molar-refractivity contribution is 0.902. The molecular weight excluding hydrogens is 199 g/mol. The molecule has 3 heteroatoms. The van der Waals surface area contributed by atoms with Crippen molar-refractivity contribution >= 4 is 40.7 Å². The molecule has 0 unspecified atom stereocenters. The predicted molar refractivity (Wildman–Crippen MR) is 43.2 cm³/mol. The topological polar surface area (TPSA) is 0 Å². The molecule has 0 spiro atoms. The average molecular weight is 210 g/mol. The highest BCUT2D eigenvalue weighted by Gasteiger charge is 1.69. The van der Waals surface area contributed by atoms with Gasteiger partial charge in [0.1, 0.15) is 0 Å². The third-order valence-corrected chi connectivity index (χ3v) is 1.05. The number of halogens is 3. The fraction of sp³-hybridized carbons (Fsp3) is 1.00. The van der Waals surface area contributed by atoms with Gasteiger partial charge in [0.25, 0.3) is 0 Å². The molecule has 0 saturated heterocycles. The summed E-state index contributed by atoms with van der Waals surface area (Å²) in [5.74, 6) is 0. The summed E-state index contributed by atoms with van der Waals surface area (Å²) in [6.45, 7) is 2.18. The Morgan fingerprint density at radius 3 is 1.71 bits per heavy atom. The molecule has 0 aliphatic rings. The number of alkyl halides is 1. The Kier molecular flexibility index (Phi) is 35.3. The Labute approximate surface area is 66.0 Å². The zero-order valence-electron chi connectivity index (χ0n) is 4.32. The molecule has 0 heterocycles. The molecule has 0 nitrogen and oxygen atoms in total. The van der Waals surface area contributed by atoms with Gasteiger partial charge in [-0.3, -0.25) is 0 Å². The van der Waals surface area contributed by atoms with Crippen molar-refractivity contribution in [1.82, 2.24) is 0 Å². The van der Waals surface area contributed by atoms with Gasteiger partial charge in [0.15, 0.2) is 0 Å². The first-order valence-electron chi connectivity index (χ1n) is 1.97. The second kappa shape index (κ2) is 15.7. The summed E-state index contributed by atoms with van der Waals surface area (Å²) in [7, 11) is 0. The van der Waals surface area contributed by atoms with Crippen LogP contribution in [0.4, 0.5) is 0 Å². The van der Waals surface area contributed by atoms with Gasteiger partial charge in [0.2, 0.25) is 0 Å². The number of unbranched alkanes of at least 4 members (excludes halogenated alkanes) is 1.